The Balaban J connectivity index is 1.34. The van der Waals surface area contributed by atoms with Crippen molar-refractivity contribution in [2.75, 3.05) is 17.2 Å². The normalized spacial score (nSPS) is 13.4. The average molecular weight is 516 g/mol. The number of hydrogen-bond acceptors (Lipinski definition) is 4. The minimum absolute atomic E-state index is 0.0428. The van der Waals surface area contributed by atoms with Crippen molar-refractivity contribution in [3.63, 3.8) is 0 Å². The molecule has 36 heavy (non-hydrogen) atoms. The number of benzene rings is 2. The summed E-state index contributed by atoms with van der Waals surface area (Å²) < 4.78 is 26.7. The largest absolute Gasteiger partial charge is 0.351 e. The van der Waals surface area contributed by atoms with Gasteiger partial charge in [-0.1, -0.05) is 37.3 Å². The van der Waals surface area contributed by atoms with Crippen LogP contribution in [0.4, 0.5) is 20.2 Å². The Bertz CT molecular complexity index is 1270. The van der Waals surface area contributed by atoms with Crippen molar-refractivity contribution in [1.29, 1.82) is 0 Å². The highest BCUT2D eigenvalue weighted by molar-refractivity contribution is 6.34. The highest BCUT2D eigenvalue weighted by atomic mass is 35.5. The maximum Gasteiger partial charge on any atom is 0.276 e. The monoisotopic (exact) mass is 515 g/mol. The number of aromatic nitrogens is 2. The van der Waals surface area contributed by atoms with E-state index in [0.717, 1.165) is 12.5 Å². The summed E-state index contributed by atoms with van der Waals surface area (Å²) in [5.74, 6) is -3.42. The summed E-state index contributed by atoms with van der Waals surface area (Å²) in [5.41, 5.74) is 0.533. The van der Waals surface area contributed by atoms with Gasteiger partial charge >= 0.3 is 0 Å². The minimum Gasteiger partial charge on any atom is -0.351 e. The van der Waals surface area contributed by atoms with E-state index < -0.39 is 29.4 Å². The second-order valence-electron chi connectivity index (χ2n) is 8.55. The molecule has 3 amide bonds. The summed E-state index contributed by atoms with van der Waals surface area (Å²) in [4.78, 5) is 44.3. The van der Waals surface area contributed by atoms with Gasteiger partial charge in [0.1, 0.15) is 5.69 Å². The Kier molecular flexibility index (Phi) is 7.94. The van der Waals surface area contributed by atoms with E-state index in [9.17, 15) is 23.2 Å². The molecule has 188 valence electrons. The summed E-state index contributed by atoms with van der Waals surface area (Å²) in [6.07, 6.45) is 7.04. The van der Waals surface area contributed by atoms with Crippen molar-refractivity contribution in [3.05, 3.63) is 76.3 Å². The van der Waals surface area contributed by atoms with Gasteiger partial charge < -0.3 is 20.9 Å². The number of nitrogens with zero attached hydrogens (tertiary/aromatic N) is 1. The zero-order valence-electron chi connectivity index (χ0n) is 19.2. The number of imidazole rings is 1. The van der Waals surface area contributed by atoms with Crippen LogP contribution >= 0.6 is 11.6 Å². The zero-order valence-corrected chi connectivity index (χ0v) is 19.9. The van der Waals surface area contributed by atoms with Gasteiger partial charge in [-0.3, -0.25) is 14.4 Å². The fourth-order valence-electron chi connectivity index (χ4n) is 4.14. The van der Waals surface area contributed by atoms with E-state index in [1.54, 1.807) is 0 Å². The van der Waals surface area contributed by atoms with Gasteiger partial charge in [0.25, 0.3) is 17.7 Å². The standard InChI is InChI=1S/C25H24ClF2N5O3/c26-18-12-20(28)19(27)11-17(18)23(34)32-15-5-7-16(8-6-15)33-25(36)22-21(30-13-31-22)24(35)29-10-9-14-3-1-2-4-14/h5-8,11-14H,1-4,9-10H2,(H,29,35)(H,30,31)(H,32,34)(H,33,36). The molecule has 4 rings (SSSR count). The van der Waals surface area contributed by atoms with Crippen LogP contribution in [0.5, 0.6) is 0 Å². The molecule has 1 heterocycles. The summed E-state index contributed by atoms with van der Waals surface area (Å²) >= 11 is 5.83. The van der Waals surface area contributed by atoms with Crippen molar-refractivity contribution in [2.45, 2.75) is 32.1 Å². The predicted molar refractivity (Wildman–Crippen MR) is 131 cm³/mol. The lowest BCUT2D eigenvalue weighted by molar-refractivity contribution is 0.0933. The third-order valence-electron chi connectivity index (χ3n) is 6.05. The number of carbonyl (C=O) groups is 3. The molecule has 11 heteroatoms. The van der Waals surface area contributed by atoms with Crippen molar-refractivity contribution in [2.24, 2.45) is 5.92 Å². The van der Waals surface area contributed by atoms with Crippen LogP contribution in [0.15, 0.2) is 42.7 Å². The van der Waals surface area contributed by atoms with Crippen LogP contribution in [-0.2, 0) is 0 Å². The van der Waals surface area contributed by atoms with Crippen molar-refractivity contribution in [3.8, 4) is 0 Å². The third kappa shape index (κ3) is 6.06. The molecule has 1 saturated carbocycles. The van der Waals surface area contributed by atoms with Gasteiger partial charge in [-0.2, -0.15) is 0 Å². The third-order valence-corrected chi connectivity index (χ3v) is 6.36. The molecule has 1 aliphatic rings. The van der Waals surface area contributed by atoms with E-state index in [2.05, 4.69) is 25.9 Å². The van der Waals surface area contributed by atoms with Crippen LogP contribution < -0.4 is 16.0 Å². The summed E-state index contributed by atoms with van der Waals surface area (Å²) in [7, 11) is 0. The molecule has 0 bridgehead atoms. The molecule has 1 aliphatic carbocycles. The van der Waals surface area contributed by atoms with Crippen LogP contribution in [0.25, 0.3) is 0 Å². The highest BCUT2D eigenvalue weighted by Gasteiger charge is 2.21. The lowest BCUT2D eigenvalue weighted by atomic mass is 10.0. The minimum atomic E-state index is -1.19. The molecule has 3 aromatic rings. The second-order valence-corrected chi connectivity index (χ2v) is 8.96. The van der Waals surface area contributed by atoms with Crippen molar-refractivity contribution in [1.82, 2.24) is 15.3 Å². The number of hydrogen-bond donors (Lipinski definition) is 4. The van der Waals surface area contributed by atoms with Crippen LogP contribution in [0, 0.1) is 17.6 Å². The molecule has 4 N–H and O–H groups in total. The van der Waals surface area contributed by atoms with Gasteiger partial charge in [-0.25, -0.2) is 13.8 Å². The van der Waals surface area contributed by atoms with E-state index >= 15 is 0 Å². The lowest BCUT2D eigenvalue weighted by Gasteiger charge is -2.10. The van der Waals surface area contributed by atoms with Gasteiger partial charge in [0.2, 0.25) is 0 Å². The molecular formula is C25H24ClF2N5O3. The van der Waals surface area contributed by atoms with E-state index in [-0.39, 0.29) is 22.0 Å². The number of H-pyrrole nitrogens is 1. The Labute approximate surface area is 210 Å². The molecule has 0 saturated heterocycles. The quantitative estimate of drug-likeness (QED) is 0.310. The molecule has 0 radical (unpaired) electrons. The molecule has 8 nitrogen and oxygen atoms in total. The van der Waals surface area contributed by atoms with Crippen LogP contribution in [0.1, 0.15) is 63.4 Å². The maximum absolute atomic E-state index is 13.5. The summed E-state index contributed by atoms with van der Waals surface area (Å²) in [6.45, 7) is 0.534. The van der Waals surface area contributed by atoms with Crippen LogP contribution in [0.3, 0.4) is 0 Å². The smallest absolute Gasteiger partial charge is 0.276 e. The number of nitrogens with one attached hydrogen (secondary N) is 4. The number of anilines is 2. The molecule has 0 spiro atoms. The molecule has 2 aromatic carbocycles. The Morgan fingerprint density at radius 1 is 0.944 bits per heavy atom. The van der Waals surface area contributed by atoms with Gasteiger partial charge in [-0.05, 0) is 48.7 Å². The number of carbonyl (C=O) groups excluding carboxylic acids is 3. The predicted octanol–water partition coefficient (Wildman–Crippen LogP) is 5.16. The first-order chi connectivity index (χ1) is 17.3. The Morgan fingerprint density at radius 2 is 1.56 bits per heavy atom. The molecule has 1 fully saturated rings. The molecular weight excluding hydrogens is 492 g/mol. The zero-order chi connectivity index (χ0) is 25.7. The number of halogens is 3. The van der Waals surface area contributed by atoms with E-state index in [4.69, 9.17) is 11.6 Å². The van der Waals surface area contributed by atoms with Crippen LogP contribution in [0.2, 0.25) is 5.02 Å². The van der Waals surface area contributed by atoms with E-state index in [0.29, 0.717) is 29.9 Å². The lowest BCUT2D eigenvalue weighted by Crippen LogP contribution is -2.28. The Hall–Kier alpha value is -3.79. The number of amides is 3. The fourth-order valence-corrected chi connectivity index (χ4v) is 4.38. The second kappa shape index (κ2) is 11.3. The molecule has 0 unspecified atom stereocenters. The van der Waals surface area contributed by atoms with Crippen LogP contribution in [-0.4, -0.2) is 34.2 Å². The summed E-state index contributed by atoms with van der Waals surface area (Å²) in [6, 6.07) is 7.49. The first kappa shape index (κ1) is 25.3. The highest BCUT2D eigenvalue weighted by Crippen LogP contribution is 2.27. The average Bonchev–Trinajstić information content (AvgIpc) is 3.55. The number of aromatic amines is 1. The first-order valence-corrected chi connectivity index (χ1v) is 11.9. The van der Waals surface area contributed by atoms with Gasteiger partial charge in [0.05, 0.1) is 16.9 Å². The van der Waals surface area contributed by atoms with Gasteiger partial charge in [-0.15, -0.1) is 0 Å². The number of rotatable bonds is 8. The van der Waals surface area contributed by atoms with Crippen molar-refractivity contribution < 1.29 is 23.2 Å². The Morgan fingerprint density at radius 3 is 2.22 bits per heavy atom. The SMILES string of the molecule is O=C(Nc1ccc(NC(=O)c2nc[nH]c2C(=O)NCCC2CCCC2)cc1)c1cc(F)c(F)cc1Cl. The molecule has 0 aliphatic heterocycles. The van der Waals surface area contributed by atoms with E-state index in [1.807, 2.05) is 0 Å². The molecule has 1 aromatic heterocycles. The fraction of sp³-hybridized carbons (Fsp3) is 0.280. The molecule has 0 atom stereocenters. The topological polar surface area (TPSA) is 116 Å². The first-order valence-electron chi connectivity index (χ1n) is 11.5. The maximum atomic E-state index is 13.5. The van der Waals surface area contributed by atoms with Gasteiger partial charge in [0, 0.05) is 17.9 Å². The van der Waals surface area contributed by atoms with Crippen molar-refractivity contribution >= 4 is 40.7 Å². The summed E-state index contributed by atoms with van der Waals surface area (Å²) in [5, 5.41) is 7.78. The van der Waals surface area contributed by atoms with Gasteiger partial charge in [0.15, 0.2) is 17.3 Å². The van der Waals surface area contributed by atoms with E-state index in [1.165, 1.54) is 56.3 Å².